The van der Waals surface area contributed by atoms with Crippen LogP contribution in [0, 0.1) is 0 Å². The highest BCUT2D eigenvalue weighted by Crippen LogP contribution is 2.26. The Bertz CT molecular complexity index is 982. The summed E-state index contributed by atoms with van der Waals surface area (Å²) in [6.45, 7) is -0.00620. The molecule has 4 rings (SSSR count). The fraction of sp³-hybridized carbons (Fsp3) is 0.333. The number of hydrogen-bond acceptors (Lipinski definition) is 7. The van der Waals surface area contributed by atoms with Gasteiger partial charge in [-0.05, 0) is 28.0 Å². The Labute approximate surface area is 180 Å². The Morgan fingerprint density at radius 3 is 2.23 bits per heavy atom. The fourth-order valence-electron chi connectivity index (χ4n) is 3.78. The maximum Gasteiger partial charge on any atom is 0.162 e. The highest BCUT2D eigenvalue weighted by molar-refractivity contribution is 5.82. The lowest BCUT2D eigenvalue weighted by atomic mass is 9.98. The summed E-state index contributed by atoms with van der Waals surface area (Å²) in [5.41, 5.74) is 1.85. The van der Waals surface area contributed by atoms with Gasteiger partial charge in [-0.2, -0.15) is 5.06 Å². The summed E-state index contributed by atoms with van der Waals surface area (Å²) in [4.78, 5) is 6.00. The molecule has 1 fully saturated rings. The van der Waals surface area contributed by atoms with E-state index < -0.39 is 37.3 Å². The van der Waals surface area contributed by atoms with Crippen LogP contribution in [0.25, 0.3) is 10.8 Å². The molecule has 0 spiro atoms. The summed E-state index contributed by atoms with van der Waals surface area (Å²) in [5.74, 6) is 0. The van der Waals surface area contributed by atoms with Crippen LogP contribution >= 0.6 is 0 Å². The predicted octanol–water partition coefficient (Wildman–Crippen LogP) is 1.57. The molecular weight excluding hydrogens is 398 g/mol. The number of ether oxygens (including phenoxy) is 1. The smallest absolute Gasteiger partial charge is 0.162 e. The Balaban J connectivity index is 1.59. The van der Waals surface area contributed by atoms with E-state index >= 15 is 0 Å². The molecule has 1 aliphatic rings. The van der Waals surface area contributed by atoms with Crippen LogP contribution in [0.2, 0.25) is 0 Å². The van der Waals surface area contributed by atoms with E-state index in [2.05, 4.69) is 0 Å². The summed E-state index contributed by atoms with van der Waals surface area (Å²) in [6.07, 6.45) is -6.41. The predicted molar refractivity (Wildman–Crippen MR) is 114 cm³/mol. The van der Waals surface area contributed by atoms with Gasteiger partial charge in [0.15, 0.2) is 6.23 Å². The fourth-order valence-corrected chi connectivity index (χ4v) is 3.78. The standard InChI is InChI=1S/C24H27NO6/c26-14-20-21(27)22(28)23(29)24(31-20)25(30-15-16-6-2-1-3-7-16)13-17-10-11-18-8-4-5-9-19(18)12-17/h1-12,20-24,26-29H,13-15H2/t20?,21-,22+,23?,24-/m1/s1. The first-order valence-electron chi connectivity index (χ1n) is 10.3. The molecule has 2 unspecified atom stereocenters. The van der Waals surface area contributed by atoms with Crippen LogP contribution in [0.5, 0.6) is 0 Å². The van der Waals surface area contributed by atoms with E-state index in [0.717, 1.165) is 21.9 Å². The molecule has 5 atom stereocenters. The van der Waals surface area contributed by atoms with Crippen LogP contribution in [-0.4, -0.2) is 62.7 Å². The quantitative estimate of drug-likeness (QED) is 0.426. The number of fused-ring (bicyclic) bond motifs is 1. The minimum absolute atomic E-state index is 0.226. The summed E-state index contributed by atoms with van der Waals surface area (Å²) < 4.78 is 5.73. The third-order valence-corrected chi connectivity index (χ3v) is 5.54. The van der Waals surface area contributed by atoms with E-state index in [1.807, 2.05) is 72.8 Å². The van der Waals surface area contributed by atoms with Crippen LogP contribution in [-0.2, 0) is 22.7 Å². The van der Waals surface area contributed by atoms with Crippen LogP contribution in [0.1, 0.15) is 11.1 Å². The van der Waals surface area contributed by atoms with Crippen molar-refractivity contribution in [3.8, 4) is 0 Å². The van der Waals surface area contributed by atoms with Gasteiger partial charge in [0.2, 0.25) is 0 Å². The van der Waals surface area contributed by atoms with Crippen molar-refractivity contribution in [1.82, 2.24) is 5.06 Å². The molecule has 7 nitrogen and oxygen atoms in total. The second kappa shape index (κ2) is 9.84. The van der Waals surface area contributed by atoms with Gasteiger partial charge in [-0.25, -0.2) is 0 Å². The normalized spacial score (nSPS) is 26.4. The van der Waals surface area contributed by atoms with Crippen LogP contribution in [0.15, 0.2) is 72.8 Å². The molecule has 4 N–H and O–H groups in total. The first-order chi connectivity index (χ1) is 15.1. The number of aliphatic hydroxyl groups excluding tert-OH is 4. The maximum atomic E-state index is 10.6. The first kappa shape index (κ1) is 21.9. The number of aliphatic hydroxyl groups is 4. The summed E-state index contributed by atoms with van der Waals surface area (Å²) in [6, 6.07) is 23.5. The third kappa shape index (κ3) is 4.94. The van der Waals surface area contributed by atoms with Gasteiger partial charge in [-0.15, -0.1) is 0 Å². The minimum Gasteiger partial charge on any atom is -0.394 e. The van der Waals surface area contributed by atoms with Crippen molar-refractivity contribution in [1.29, 1.82) is 0 Å². The molecule has 0 saturated carbocycles. The van der Waals surface area contributed by atoms with Gasteiger partial charge < -0.3 is 25.2 Å². The van der Waals surface area contributed by atoms with Crippen molar-refractivity contribution < 1.29 is 30.0 Å². The van der Waals surface area contributed by atoms with Crippen molar-refractivity contribution in [2.24, 2.45) is 0 Å². The Kier molecular flexibility index (Phi) is 6.94. The number of nitrogens with zero attached hydrogens (tertiary/aromatic N) is 1. The number of hydrogen-bond donors (Lipinski definition) is 4. The zero-order valence-electron chi connectivity index (χ0n) is 17.0. The molecule has 0 amide bonds. The largest absolute Gasteiger partial charge is 0.394 e. The van der Waals surface area contributed by atoms with E-state index in [0.29, 0.717) is 0 Å². The summed E-state index contributed by atoms with van der Waals surface area (Å²) in [5, 5.41) is 44.1. The van der Waals surface area contributed by atoms with Gasteiger partial charge in [-0.1, -0.05) is 66.7 Å². The van der Waals surface area contributed by atoms with Gasteiger partial charge in [0, 0.05) is 0 Å². The number of rotatable bonds is 7. The van der Waals surface area contributed by atoms with Crippen LogP contribution < -0.4 is 0 Å². The van der Waals surface area contributed by atoms with E-state index in [4.69, 9.17) is 9.57 Å². The SMILES string of the molecule is OCC1O[C@@H](N(Cc2ccc3ccccc3c2)OCc2ccccc2)C(O)[C@@H](O)[C@@H]1O. The molecule has 3 aromatic rings. The third-order valence-electron chi connectivity index (χ3n) is 5.54. The molecule has 0 radical (unpaired) electrons. The Hall–Kier alpha value is -2.36. The number of benzene rings is 3. The molecule has 164 valence electrons. The molecule has 3 aromatic carbocycles. The summed E-state index contributed by atoms with van der Waals surface area (Å²) >= 11 is 0. The highest BCUT2D eigenvalue weighted by Gasteiger charge is 2.46. The zero-order valence-corrected chi connectivity index (χ0v) is 17.0. The minimum atomic E-state index is -1.48. The van der Waals surface area contributed by atoms with Crippen LogP contribution in [0.3, 0.4) is 0 Å². The molecule has 0 bridgehead atoms. The van der Waals surface area contributed by atoms with Gasteiger partial charge in [0.1, 0.15) is 24.4 Å². The zero-order chi connectivity index (χ0) is 21.8. The van der Waals surface area contributed by atoms with Gasteiger partial charge in [0.05, 0.1) is 19.8 Å². The van der Waals surface area contributed by atoms with Crippen LogP contribution in [0.4, 0.5) is 0 Å². The van der Waals surface area contributed by atoms with Gasteiger partial charge in [0.25, 0.3) is 0 Å². The molecule has 0 aliphatic carbocycles. The average molecular weight is 425 g/mol. The van der Waals surface area contributed by atoms with E-state index in [9.17, 15) is 20.4 Å². The first-order valence-corrected chi connectivity index (χ1v) is 10.3. The average Bonchev–Trinajstić information content (AvgIpc) is 2.81. The van der Waals surface area contributed by atoms with E-state index in [-0.39, 0.29) is 13.2 Å². The van der Waals surface area contributed by atoms with Crippen molar-refractivity contribution in [2.75, 3.05) is 6.61 Å². The van der Waals surface area contributed by atoms with Crippen molar-refractivity contribution in [3.63, 3.8) is 0 Å². The van der Waals surface area contributed by atoms with Gasteiger partial charge in [-0.3, -0.25) is 4.84 Å². The van der Waals surface area contributed by atoms with Crippen molar-refractivity contribution >= 4 is 10.8 Å². The molecule has 0 aromatic heterocycles. The topological polar surface area (TPSA) is 103 Å². The molecule has 7 heteroatoms. The molecule has 1 aliphatic heterocycles. The number of hydroxylamine groups is 2. The van der Waals surface area contributed by atoms with E-state index in [1.165, 1.54) is 5.06 Å². The highest BCUT2D eigenvalue weighted by atomic mass is 16.7. The summed E-state index contributed by atoms with van der Waals surface area (Å²) in [7, 11) is 0. The monoisotopic (exact) mass is 425 g/mol. The molecular formula is C24H27NO6. The second-order valence-electron chi connectivity index (χ2n) is 7.74. The Morgan fingerprint density at radius 2 is 1.48 bits per heavy atom. The lowest BCUT2D eigenvalue weighted by Gasteiger charge is -2.43. The van der Waals surface area contributed by atoms with E-state index in [1.54, 1.807) is 0 Å². The van der Waals surface area contributed by atoms with Crippen molar-refractivity contribution in [3.05, 3.63) is 83.9 Å². The molecule has 31 heavy (non-hydrogen) atoms. The second-order valence-corrected chi connectivity index (χ2v) is 7.74. The maximum absolute atomic E-state index is 10.6. The van der Waals surface area contributed by atoms with Gasteiger partial charge >= 0.3 is 0 Å². The van der Waals surface area contributed by atoms with Crippen molar-refractivity contribution in [2.45, 2.75) is 43.8 Å². The Morgan fingerprint density at radius 1 is 0.774 bits per heavy atom. The lowest BCUT2D eigenvalue weighted by Crippen LogP contribution is -2.62. The molecule has 1 saturated heterocycles. The molecule has 1 heterocycles. The lowest BCUT2D eigenvalue weighted by molar-refractivity contribution is -0.342.